The van der Waals surface area contributed by atoms with E-state index in [1.54, 1.807) is 41.0 Å². The minimum Gasteiger partial charge on any atom is -0.348 e. The molecule has 3 rings (SSSR count). The van der Waals surface area contributed by atoms with Crippen LogP contribution in [0, 0.1) is 0 Å². The fourth-order valence-electron chi connectivity index (χ4n) is 3.09. The first kappa shape index (κ1) is 20.1. The van der Waals surface area contributed by atoms with E-state index in [2.05, 4.69) is 21.2 Å². The lowest BCUT2D eigenvalue weighted by molar-refractivity contribution is -0.130. The smallest absolute Gasteiger partial charge is 0.253 e. The molecule has 2 aromatic rings. The maximum Gasteiger partial charge on any atom is 0.253 e. The first-order valence-corrected chi connectivity index (χ1v) is 9.91. The number of halogens is 1. The summed E-state index contributed by atoms with van der Waals surface area (Å²) in [6.45, 7) is 4.16. The van der Waals surface area contributed by atoms with Gasteiger partial charge in [-0.3, -0.25) is 14.4 Å². The Balaban J connectivity index is 1.54. The van der Waals surface area contributed by atoms with Crippen LogP contribution in [0.3, 0.4) is 0 Å². The molecule has 1 aliphatic rings. The molecule has 28 heavy (non-hydrogen) atoms. The van der Waals surface area contributed by atoms with Gasteiger partial charge in [-0.1, -0.05) is 34.1 Å². The van der Waals surface area contributed by atoms with E-state index < -0.39 is 0 Å². The Hall–Kier alpha value is -2.67. The SMILES string of the molecule is CC(=O)N1CCN(C(=O)c2ccc(CNC(=O)c3cccc(Br)c3)cc2)CC1. The number of hydrogen-bond donors (Lipinski definition) is 1. The van der Waals surface area contributed by atoms with Crippen LogP contribution in [-0.4, -0.2) is 53.7 Å². The van der Waals surface area contributed by atoms with Crippen LogP contribution in [0.25, 0.3) is 0 Å². The molecule has 0 aliphatic carbocycles. The molecule has 2 aromatic carbocycles. The van der Waals surface area contributed by atoms with Gasteiger partial charge in [0, 0.05) is 55.2 Å². The van der Waals surface area contributed by atoms with Crippen LogP contribution < -0.4 is 5.32 Å². The summed E-state index contributed by atoms with van der Waals surface area (Å²) in [5.41, 5.74) is 2.12. The summed E-state index contributed by atoms with van der Waals surface area (Å²) in [5.74, 6) is -0.140. The van der Waals surface area contributed by atoms with Gasteiger partial charge in [0.05, 0.1) is 0 Å². The Morgan fingerprint density at radius 3 is 2.18 bits per heavy atom. The van der Waals surface area contributed by atoms with Crippen molar-refractivity contribution in [2.24, 2.45) is 0 Å². The highest BCUT2D eigenvalue weighted by atomic mass is 79.9. The molecule has 1 saturated heterocycles. The molecule has 1 N–H and O–H groups in total. The maximum atomic E-state index is 12.6. The van der Waals surface area contributed by atoms with Gasteiger partial charge in [-0.25, -0.2) is 0 Å². The molecule has 0 bridgehead atoms. The standard InChI is InChI=1S/C21H22BrN3O3/c1-15(26)24-9-11-25(12-10-24)21(28)17-7-5-16(6-8-17)14-23-20(27)18-3-2-4-19(22)13-18/h2-8,13H,9-12,14H2,1H3,(H,23,27). The summed E-state index contributed by atoms with van der Waals surface area (Å²) in [6.07, 6.45) is 0. The monoisotopic (exact) mass is 443 g/mol. The van der Waals surface area contributed by atoms with E-state index in [9.17, 15) is 14.4 Å². The molecule has 0 radical (unpaired) electrons. The van der Waals surface area contributed by atoms with Crippen LogP contribution in [-0.2, 0) is 11.3 Å². The second kappa shape index (κ2) is 9.01. The van der Waals surface area contributed by atoms with E-state index in [1.165, 1.54) is 0 Å². The van der Waals surface area contributed by atoms with Crippen molar-refractivity contribution in [2.75, 3.05) is 26.2 Å². The number of carbonyl (C=O) groups is 3. The predicted molar refractivity (Wildman–Crippen MR) is 110 cm³/mol. The predicted octanol–water partition coefficient (Wildman–Crippen LogP) is 2.68. The second-order valence-electron chi connectivity index (χ2n) is 6.69. The van der Waals surface area contributed by atoms with Gasteiger partial charge in [-0.2, -0.15) is 0 Å². The molecule has 0 aromatic heterocycles. The van der Waals surface area contributed by atoms with Crippen LogP contribution in [0.2, 0.25) is 0 Å². The molecular formula is C21H22BrN3O3. The quantitative estimate of drug-likeness (QED) is 0.789. The van der Waals surface area contributed by atoms with Gasteiger partial charge in [-0.15, -0.1) is 0 Å². The summed E-state index contributed by atoms with van der Waals surface area (Å²) < 4.78 is 0.854. The van der Waals surface area contributed by atoms with Crippen LogP contribution in [0.4, 0.5) is 0 Å². The Labute approximate surface area is 172 Å². The molecular weight excluding hydrogens is 422 g/mol. The summed E-state index contributed by atoms with van der Waals surface area (Å²) in [6, 6.07) is 14.5. The van der Waals surface area contributed by atoms with Crippen molar-refractivity contribution in [2.45, 2.75) is 13.5 Å². The van der Waals surface area contributed by atoms with E-state index in [-0.39, 0.29) is 17.7 Å². The van der Waals surface area contributed by atoms with Gasteiger partial charge in [0.2, 0.25) is 5.91 Å². The van der Waals surface area contributed by atoms with E-state index >= 15 is 0 Å². The van der Waals surface area contributed by atoms with Gasteiger partial charge in [-0.05, 0) is 35.9 Å². The Morgan fingerprint density at radius 2 is 1.57 bits per heavy atom. The fraction of sp³-hybridized carbons (Fsp3) is 0.286. The highest BCUT2D eigenvalue weighted by Crippen LogP contribution is 2.13. The number of benzene rings is 2. The van der Waals surface area contributed by atoms with Crippen LogP contribution in [0.15, 0.2) is 53.0 Å². The zero-order chi connectivity index (χ0) is 20.1. The van der Waals surface area contributed by atoms with Crippen LogP contribution in [0.1, 0.15) is 33.2 Å². The van der Waals surface area contributed by atoms with Crippen molar-refractivity contribution >= 4 is 33.7 Å². The Bertz CT molecular complexity index is 875. The topological polar surface area (TPSA) is 69.7 Å². The largest absolute Gasteiger partial charge is 0.348 e. The first-order chi connectivity index (χ1) is 13.4. The van der Waals surface area contributed by atoms with Gasteiger partial charge in [0.25, 0.3) is 11.8 Å². The molecule has 3 amide bonds. The summed E-state index contributed by atoms with van der Waals surface area (Å²) in [7, 11) is 0. The molecule has 0 saturated carbocycles. The zero-order valence-electron chi connectivity index (χ0n) is 15.7. The zero-order valence-corrected chi connectivity index (χ0v) is 17.2. The van der Waals surface area contributed by atoms with E-state index in [4.69, 9.17) is 0 Å². The van der Waals surface area contributed by atoms with Crippen molar-refractivity contribution in [1.82, 2.24) is 15.1 Å². The molecule has 0 atom stereocenters. The van der Waals surface area contributed by atoms with Crippen molar-refractivity contribution < 1.29 is 14.4 Å². The summed E-state index contributed by atoms with van der Waals surface area (Å²) in [5, 5.41) is 2.88. The Morgan fingerprint density at radius 1 is 0.929 bits per heavy atom. The van der Waals surface area contributed by atoms with E-state index in [0.717, 1.165) is 10.0 Å². The minimum absolute atomic E-state index is 0.0343. The van der Waals surface area contributed by atoms with Gasteiger partial charge in [0.15, 0.2) is 0 Å². The first-order valence-electron chi connectivity index (χ1n) is 9.11. The molecule has 1 aliphatic heterocycles. The molecule has 0 spiro atoms. The average Bonchev–Trinajstić information content (AvgIpc) is 2.72. The molecule has 146 valence electrons. The number of nitrogens with one attached hydrogen (secondary N) is 1. The fourth-order valence-corrected chi connectivity index (χ4v) is 3.49. The molecule has 7 heteroatoms. The van der Waals surface area contributed by atoms with Crippen molar-refractivity contribution in [3.8, 4) is 0 Å². The number of piperazine rings is 1. The van der Waals surface area contributed by atoms with Crippen molar-refractivity contribution in [1.29, 1.82) is 0 Å². The third-order valence-corrected chi connectivity index (χ3v) is 5.25. The highest BCUT2D eigenvalue weighted by Gasteiger charge is 2.23. The third kappa shape index (κ3) is 4.98. The maximum absolute atomic E-state index is 12.6. The highest BCUT2D eigenvalue weighted by molar-refractivity contribution is 9.10. The number of carbonyl (C=O) groups excluding carboxylic acids is 3. The van der Waals surface area contributed by atoms with Gasteiger partial charge < -0.3 is 15.1 Å². The van der Waals surface area contributed by atoms with Crippen molar-refractivity contribution in [3.05, 3.63) is 69.7 Å². The van der Waals surface area contributed by atoms with Crippen LogP contribution >= 0.6 is 15.9 Å². The summed E-state index contributed by atoms with van der Waals surface area (Å²) >= 11 is 3.36. The molecule has 0 unspecified atom stereocenters. The minimum atomic E-state index is -0.148. The number of amides is 3. The molecule has 6 nitrogen and oxygen atoms in total. The summed E-state index contributed by atoms with van der Waals surface area (Å²) in [4.78, 5) is 39.7. The van der Waals surface area contributed by atoms with E-state index in [0.29, 0.717) is 43.9 Å². The number of hydrogen-bond acceptors (Lipinski definition) is 3. The molecule has 1 heterocycles. The van der Waals surface area contributed by atoms with Gasteiger partial charge >= 0.3 is 0 Å². The lowest BCUT2D eigenvalue weighted by Gasteiger charge is -2.34. The van der Waals surface area contributed by atoms with Crippen LogP contribution in [0.5, 0.6) is 0 Å². The average molecular weight is 444 g/mol. The van der Waals surface area contributed by atoms with E-state index in [1.807, 2.05) is 24.3 Å². The molecule has 1 fully saturated rings. The van der Waals surface area contributed by atoms with Crippen molar-refractivity contribution in [3.63, 3.8) is 0 Å². The Kier molecular flexibility index (Phi) is 6.46. The number of nitrogens with zero attached hydrogens (tertiary/aromatic N) is 2. The lowest BCUT2D eigenvalue weighted by atomic mass is 10.1. The third-order valence-electron chi connectivity index (χ3n) is 4.75. The normalized spacial score (nSPS) is 13.9. The number of rotatable bonds is 4. The second-order valence-corrected chi connectivity index (χ2v) is 7.60. The van der Waals surface area contributed by atoms with Gasteiger partial charge in [0.1, 0.15) is 0 Å². The lowest BCUT2D eigenvalue weighted by Crippen LogP contribution is -2.50.